The molecular weight excluding hydrogens is 230 g/mol. The van der Waals surface area contributed by atoms with Crippen LogP contribution in [-0.2, 0) is 4.74 Å². The zero-order valence-electron chi connectivity index (χ0n) is 11.3. The molecule has 4 heteroatoms. The van der Waals surface area contributed by atoms with Crippen LogP contribution >= 0.6 is 0 Å². The molecular formula is C14H19NO3. The molecule has 0 radical (unpaired) electrons. The molecule has 1 aromatic carbocycles. The van der Waals surface area contributed by atoms with Crippen LogP contribution in [-0.4, -0.2) is 12.6 Å². The third-order valence-corrected chi connectivity index (χ3v) is 2.66. The van der Waals surface area contributed by atoms with Gasteiger partial charge in [-0.25, -0.2) is 4.79 Å². The maximum Gasteiger partial charge on any atom is 0.338 e. The van der Waals surface area contributed by atoms with Gasteiger partial charge in [-0.2, -0.15) is 4.91 Å². The number of ether oxygens (including phenoxy) is 1. The van der Waals surface area contributed by atoms with Crippen LogP contribution in [0.5, 0.6) is 0 Å². The molecule has 1 atom stereocenters. The second-order valence-corrected chi connectivity index (χ2v) is 5.22. The Balaban J connectivity index is 2.95. The van der Waals surface area contributed by atoms with Crippen LogP contribution in [0.3, 0.4) is 0 Å². The molecule has 1 rings (SSSR count). The topological polar surface area (TPSA) is 55.7 Å². The minimum atomic E-state index is -0.422. The first-order valence-electron chi connectivity index (χ1n) is 5.99. The van der Waals surface area contributed by atoms with Crippen molar-refractivity contribution in [2.45, 2.75) is 33.7 Å². The molecule has 0 aliphatic heterocycles. The average Bonchev–Trinajstić information content (AvgIpc) is 2.29. The maximum absolute atomic E-state index is 11.5. The molecule has 18 heavy (non-hydrogen) atoms. The second-order valence-electron chi connectivity index (χ2n) is 5.22. The Morgan fingerprint density at radius 3 is 2.22 bits per heavy atom. The van der Waals surface area contributed by atoms with Gasteiger partial charge >= 0.3 is 5.97 Å². The van der Waals surface area contributed by atoms with Crippen LogP contribution in [0.2, 0.25) is 0 Å². The summed E-state index contributed by atoms with van der Waals surface area (Å²) >= 11 is 0. The van der Waals surface area contributed by atoms with Gasteiger partial charge in [0.2, 0.25) is 0 Å². The molecule has 0 aliphatic carbocycles. The van der Waals surface area contributed by atoms with Crippen molar-refractivity contribution in [3.8, 4) is 0 Å². The zero-order chi connectivity index (χ0) is 13.8. The third kappa shape index (κ3) is 3.39. The molecule has 98 valence electrons. The zero-order valence-corrected chi connectivity index (χ0v) is 11.3. The largest absolute Gasteiger partial charge is 0.462 e. The van der Waals surface area contributed by atoms with E-state index in [1.807, 2.05) is 20.8 Å². The van der Waals surface area contributed by atoms with Crippen LogP contribution in [0.4, 0.5) is 0 Å². The highest BCUT2D eigenvalue weighted by molar-refractivity contribution is 5.89. The number of carbonyl (C=O) groups excluding carboxylic acids is 1. The fraction of sp³-hybridized carbons (Fsp3) is 0.500. The van der Waals surface area contributed by atoms with Gasteiger partial charge in [0.05, 0.1) is 12.2 Å². The smallest absolute Gasteiger partial charge is 0.338 e. The predicted octanol–water partition coefficient (Wildman–Crippen LogP) is 3.72. The lowest BCUT2D eigenvalue weighted by atomic mass is 9.83. The van der Waals surface area contributed by atoms with Crippen molar-refractivity contribution >= 4 is 5.97 Å². The Hall–Kier alpha value is -1.71. The average molecular weight is 249 g/mol. The number of hydrogen-bond acceptors (Lipinski definition) is 4. The van der Waals surface area contributed by atoms with E-state index in [1.54, 1.807) is 31.2 Å². The van der Waals surface area contributed by atoms with Gasteiger partial charge in [-0.05, 0) is 30.0 Å². The molecule has 0 saturated heterocycles. The van der Waals surface area contributed by atoms with E-state index in [-0.39, 0.29) is 11.4 Å². The Labute approximate surface area is 107 Å². The van der Waals surface area contributed by atoms with Crippen molar-refractivity contribution in [3.63, 3.8) is 0 Å². The summed E-state index contributed by atoms with van der Waals surface area (Å²) in [7, 11) is 0. The van der Waals surface area contributed by atoms with Crippen LogP contribution in [0.15, 0.2) is 29.4 Å². The lowest BCUT2D eigenvalue weighted by Crippen LogP contribution is -2.16. The molecule has 4 nitrogen and oxygen atoms in total. The van der Waals surface area contributed by atoms with Gasteiger partial charge in [0.1, 0.15) is 6.04 Å². The monoisotopic (exact) mass is 249 g/mol. The predicted molar refractivity (Wildman–Crippen MR) is 70.4 cm³/mol. The van der Waals surface area contributed by atoms with Gasteiger partial charge in [-0.3, -0.25) is 0 Å². The van der Waals surface area contributed by atoms with E-state index >= 15 is 0 Å². The minimum absolute atomic E-state index is 0.243. The minimum Gasteiger partial charge on any atom is -0.462 e. The van der Waals surface area contributed by atoms with Gasteiger partial charge in [0, 0.05) is 0 Å². The quantitative estimate of drug-likeness (QED) is 0.603. The number of nitrogens with zero attached hydrogens (tertiary/aromatic N) is 1. The summed E-state index contributed by atoms with van der Waals surface area (Å²) in [4.78, 5) is 22.4. The molecule has 1 aromatic rings. The third-order valence-electron chi connectivity index (χ3n) is 2.66. The molecule has 0 N–H and O–H groups in total. The Morgan fingerprint density at radius 2 is 1.83 bits per heavy atom. The normalized spacial score (nSPS) is 12.9. The van der Waals surface area contributed by atoms with Crippen molar-refractivity contribution in [3.05, 3.63) is 40.3 Å². The maximum atomic E-state index is 11.5. The van der Waals surface area contributed by atoms with E-state index in [0.717, 1.165) is 5.56 Å². The highest BCUT2D eigenvalue weighted by Gasteiger charge is 2.27. The van der Waals surface area contributed by atoms with Crippen LogP contribution < -0.4 is 0 Å². The Bertz CT molecular complexity index is 418. The first kappa shape index (κ1) is 14.4. The highest BCUT2D eigenvalue weighted by atomic mass is 16.5. The first-order valence-corrected chi connectivity index (χ1v) is 5.99. The van der Waals surface area contributed by atoms with Crippen LogP contribution in [0.25, 0.3) is 0 Å². The summed E-state index contributed by atoms with van der Waals surface area (Å²) in [5, 5.41) is 3.17. The lowest BCUT2D eigenvalue weighted by molar-refractivity contribution is 0.0526. The number of nitroso groups, excluding NO2 is 1. The van der Waals surface area contributed by atoms with Crippen molar-refractivity contribution in [1.82, 2.24) is 0 Å². The number of rotatable bonds is 4. The van der Waals surface area contributed by atoms with Gasteiger partial charge in [-0.15, -0.1) is 0 Å². The number of carbonyl (C=O) groups is 1. The molecule has 0 fully saturated rings. The molecule has 0 saturated carbocycles. The van der Waals surface area contributed by atoms with E-state index in [4.69, 9.17) is 4.74 Å². The SMILES string of the molecule is CCOC(=O)c1ccc(C(N=O)C(C)(C)C)cc1. The number of hydrogen-bond donors (Lipinski definition) is 0. The standard InChI is InChI=1S/C14H19NO3/c1-5-18-13(16)11-8-6-10(7-9-11)12(15-17)14(2,3)4/h6-9,12H,5H2,1-4H3. The van der Waals surface area contributed by atoms with Gasteiger partial charge < -0.3 is 4.74 Å². The first-order chi connectivity index (χ1) is 8.40. The Morgan fingerprint density at radius 1 is 1.28 bits per heavy atom. The molecule has 1 unspecified atom stereocenters. The van der Waals surface area contributed by atoms with E-state index in [2.05, 4.69) is 5.18 Å². The van der Waals surface area contributed by atoms with Gasteiger partial charge in [0.15, 0.2) is 0 Å². The summed E-state index contributed by atoms with van der Waals surface area (Å²) in [6, 6.07) is 6.41. The summed E-state index contributed by atoms with van der Waals surface area (Å²) < 4.78 is 4.90. The number of benzene rings is 1. The summed E-state index contributed by atoms with van der Waals surface area (Å²) in [5.41, 5.74) is 1.05. The fourth-order valence-corrected chi connectivity index (χ4v) is 1.73. The van der Waals surface area contributed by atoms with Crippen molar-refractivity contribution < 1.29 is 9.53 Å². The van der Waals surface area contributed by atoms with Crippen LogP contribution in [0.1, 0.15) is 49.7 Å². The summed E-state index contributed by atoms with van der Waals surface area (Å²) in [6.07, 6.45) is 0. The highest BCUT2D eigenvalue weighted by Crippen LogP contribution is 2.35. The van der Waals surface area contributed by atoms with E-state index < -0.39 is 6.04 Å². The van der Waals surface area contributed by atoms with Gasteiger partial charge in [-0.1, -0.05) is 38.1 Å². The fourth-order valence-electron chi connectivity index (χ4n) is 1.73. The van der Waals surface area contributed by atoms with E-state index in [9.17, 15) is 9.70 Å². The molecule has 0 amide bonds. The Kier molecular flexibility index (Phi) is 4.59. The second kappa shape index (κ2) is 5.76. The summed E-state index contributed by atoms with van der Waals surface area (Å²) in [6.45, 7) is 7.98. The number of esters is 1. The summed E-state index contributed by atoms with van der Waals surface area (Å²) in [5.74, 6) is -0.351. The van der Waals surface area contributed by atoms with Crippen molar-refractivity contribution in [2.24, 2.45) is 10.6 Å². The van der Waals surface area contributed by atoms with Gasteiger partial charge in [0.25, 0.3) is 0 Å². The van der Waals surface area contributed by atoms with E-state index in [0.29, 0.717) is 12.2 Å². The lowest BCUT2D eigenvalue weighted by Gasteiger charge is -2.24. The van der Waals surface area contributed by atoms with Crippen LogP contribution in [0, 0.1) is 10.3 Å². The van der Waals surface area contributed by atoms with E-state index in [1.165, 1.54) is 0 Å². The molecule has 0 spiro atoms. The molecule has 0 aromatic heterocycles. The van der Waals surface area contributed by atoms with Crippen molar-refractivity contribution in [1.29, 1.82) is 0 Å². The molecule has 0 aliphatic rings. The van der Waals surface area contributed by atoms with Crippen molar-refractivity contribution in [2.75, 3.05) is 6.61 Å². The molecule has 0 bridgehead atoms. The molecule has 0 heterocycles.